The number of ketones is 1. The first kappa shape index (κ1) is 14.3. The molecule has 0 saturated heterocycles. The van der Waals surface area contributed by atoms with Crippen LogP contribution in [0.4, 0.5) is 28.9 Å². The largest absolute Gasteiger partial charge is 0.398 e. The van der Waals surface area contributed by atoms with Crippen molar-refractivity contribution in [2.45, 2.75) is 19.3 Å². The summed E-state index contributed by atoms with van der Waals surface area (Å²) >= 11 is 0. The lowest BCUT2D eigenvalue weighted by Crippen LogP contribution is -2.34. The lowest BCUT2D eigenvalue weighted by Gasteiger charge is -2.17. The Morgan fingerprint density at radius 3 is 2.56 bits per heavy atom. The molecule has 0 radical (unpaired) electrons. The number of nitrogen functional groups attached to an aromatic ring is 1. The Morgan fingerprint density at radius 1 is 1.44 bits per heavy atom. The molecule has 0 aliphatic carbocycles. The molecule has 0 unspecified atom stereocenters. The van der Waals surface area contributed by atoms with Gasteiger partial charge in [-0.2, -0.15) is 8.78 Å². The smallest absolute Gasteiger partial charge is 0.324 e. The summed E-state index contributed by atoms with van der Waals surface area (Å²) in [7, 11) is 0. The van der Waals surface area contributed by atoms with Gasteiger partial charge in [-0.15, -0.1) is 0 Å². The molecule has 3 nitrogen and oxygen atoms in total. The van der Waals surface area contributed by atoms with Gasteiger partial charge in [0.25, 0.3) is 0 Å². The van der Waals surface area contributed by atoms with Gasteiger partial charge in [0.1, 0.15) is 0 Å². The van der Waals surface area contributed by atoms with Crippen molar-refractivity contribution in [1.29, 1.82) is 0 Å². The molecule has 0 heterocycles. The molecule has 0 amide bonds. The number of Topliss-reactive ketones (excluding diaryl/α,β-unsaturated/α-hetero) is 1. The molecule has 100 valence electrons. The Bertz CT molecular complexity index is 449. The van der Waals surface area contributed by atoms with Crippen molar-refractivity contribution in [2.75, 3.05) is 17.6 Å². The molecule has 0 atom stereocenters. The van der Waals surface area contributed by atoms with E-state index < -0.39 is 18.9 Å². The minimum Gasteiger partial charge on any atom is -0.398 e. The summed E-state index contributed by atoms with van der Waals surface area (Å²) in [5.74, 6) is -4.46. The quantitative estimate of drug-likeness (QED) is 0.488. The third-order valence-corrected chi connectivity index (χ3v) is 2.28. The monoisotopic (exact) mass is 264 g/mol. The summed E-state index contributed by atoms with van der Waals surface area (Å²) in [5.41, 5.74) is 5.99. The molecule has 0 aromatic heterocycles. The lowest BCUT2D eigenvalue weighted by atomic mass is 10.1. The van der Waals surface area contributed by atoms with E-state index in [1.165, 1.54) is 25.1 Å². The zero-order chi connectivity index (χ0) is 13.9. The first-order valence-corrected chi connectivity index (χ1v) is 5.04. The standard InChI is InChI=1S/C11H12F4N2O/c1-6(18)8-4-7(2-3-9(8)16)17-5-11(14,15)10(12)13/h2-4,10,17H,5,16H2,1H3. The molecule has 0 spiro atoms. The van der Waals surface area contributed by atoms with Crippen molar-refractivity contribution < 1.29 is 22.4 Å². The van der Waals surface area contributed by atoms with E-state index >= 15 is 0 Å². The molecule has 1 aromatic rings. The third kappa shape index (κ3) is 3.35. The maximum absolute atomic E-state index is 12.7. The Kier molecular flexibility index (Phi) is 4.15. The van der Waals surface area contributed by atoms with Crippen LogP contribution in [0.25, 0.3) is 0 Å². The zero-order valence-corrected chi connectivity index (χ0v) is 9.51. The zero-order valence-electron chi connectivity index (χ0n) is 9.51. The number of anilines is 2. The van der Waals surface area contributed by atoms with Gasteiger partial charge in [-0.3, -0.25) is 4.79 Å². The third-order valence-electron chi connectivity index (χ3n) is 2.28. The van der Waals surface area contributed by atoms with Crippen molar-refractivity contribution in [2.24, 2.45) is 0 Å². The topological polar surface area (TPSA) is 55.1 Å². The fourth-order valence-electron chi connectivity index (χ4n) is 1.27. The molecular formula is C11H12F4N2O. The highest BCUT2D eigenvalue weighted by atomic mass is 19.3. The highest BCUT2D eigenvalue weighted by molar-refractivity contribution is 5.99. The molecule has 0 aliphatic rings. The van der Waals surface area contributed by atoms with Crippen LogP contribution in [0.15, 0.2) is 18.2 Å². The van der Waals surface area contributed by atoms with Gasteiger partial charge in [0, 0.05) is 16.9 Å². The molecule has 7 heteroatoms. The second kappa shape index (κ2) is 5.24. The van der Waals surface area contributed by atoms with Crippen LogP contribution in [-0.4, -0.2) is 24.7 Å². The Hall–Kier alpha value is -1.79. The lowest BCUT2D eigenvalue weighted by molar-refractivity contribution is -0.117. The number of rotatable bonds is 5. The van der Waals surface area contributed by atoms with Gasteiger partial charge in [0.05, 0.1) is 6.54 Å². The number of hydrogen-bond acceptors (Lipinski definition) is 3. The van der Waals surface area contributed by atoms with E-state index in [0.29, 0.717) is 0 Å². The van der Waals surface area contributed by atoms with E-state index in [1.807, 2.05) is 0 Å². The van der Waals surface area contributed by atoms with Crippen LogP contribution in [0.2, 0.25) is 0 Å². The summed E-state index contributed by atoms with van der Waals surface area (Å²) in [6.07, 6.45) is -3.74. The van der Waals surface area contributed by atoms with Crippen LogP contribution in [-0.2, 0) is 0 Å². The highest BCUT2D eigenvalue weighted by Crippen LogP contribution is 2.24. The fourth-order valence-corrected chi connectivity index (χ4v) is 1.27. The first-order chi connectivity index (χ1) is 8.24. The van der Waals surface area contributed by atoms with E-state index in [4.69, 9.17) is 5.73 Å². The highest BCUT2D eigenvalue weighted by Gasteiger charge is 2.40. The molecule has 0 aliphatic heterocycles. The number of benzene rings is 1. The molecule has 0 saturated carbocycles. The van der Waals surface area contributed by atoms with Gasteiger partial charge in [-0.05, 0) is 25.1 Å². The van der Waals surface area contributed by atoms with E-state index in [-0.39, 0.29) is 22.7 Å². The number of halogens is 4. The van der Waals surface area contributed by atoms with Gasteiger partial charge in [0.2, 0.25) is 0 Å². The maximum atomic E-state index is 12.7. The van der Waals surface area contributed by atoms with Crippen LogP contribution in [0.3, 0.4) is 0 Å². The summed E-state index contributed by atoms with van der Waals surface area (Å²) in [6.45, 7) is 0.0508. The van der Waals surface area contributed by atoms with Crippen LogP contribution >= 0.6 is 0 Å². The second-order valence-electron chi connectivity index (χ2n) is 3.77. The normalized spacial score (nSPS) is 11.7. The van der Waals surface area contributed by atoms with Gasteiger partial charge < -0.3 is 11.1 Å². The van der Waals surface area contributed by atoms with Crippen LogP contribution in [0.5, 0.6) is 0 Å². The number of alkyl halides is 4. The molecule has 0 fully saturated rings. The van der Waals surface area contributed by atoms with Crippen molar-refractivity contribution in [1.82, 2.24) is 0 Å². The predicted octanol–water partition coefficient (Wildman–Crippen LogP) is 2.78. The van der Waals surface area contributed by atoms with E-state index in [2.05, 4.69) is 5.32 Å². The second-order valence-corrected chi connectivity index (χ2v) is 3.77. The number of carbonyl (C=O) groups is 1. The minimum absolute atomic E-state index is 0.134. The average molecular weight is 264 g/mol. The fraction of sp³-hybridized carbons (Fsp3) is 0.364. The summed E-state index contributed by atoms with van der Waals surface area (Å²) < 4.78 is 49.2. The van der Waals surface area contributed by atoms with Crippen LogP contribution < -0.4 is 11.1 Å². The molecule has 3 N–H and O–H groups in total. The van der Waals surface area contributed by atoms with Gasteiger partial charge >= 0.3 is 12.3 Å². The molecule has 1 aromatic carbocycles. The number of carbonyl (C=O) groups excluding carboxylic acids is 1. The van der Waals surface area contributed by atoms with Crippen LogP contribution in [0, 0.1) is 0 Å². The minimum atomic E-state index is -4.13. The first-order valence-electron chi connectivity index (χ1n) is 5.04. The molecule has 18 heavy (non-hydrogen) atoms. The van der Waals surface area contributed by atoms with E-state index in [0.717, 1.165) is 0 Å². The van der Waals surface area contributed by atoms with E-state index in [1.54, 1.807) is 0 Å². The number of nitrogens with two attached hydrogens (primary N) is 1. The Labute approximate surface area is 101 Å². The Balaban J connectivity index is 2.81. The summed E-state index contributed by atoms with van der Waals surface area (Å²) in [6, 6.07) is 3.93. The van der Waals surface area contributed by atoms with Gasteiger partial charge in [-0.1, -0.05) is 0 Å². The van der Waals surface area contributed by atoms with Gasteiger partial charge in [0.15, 0.2) is 5.78 Å². The molecule has 1 rings (SSSR count). The maximum Gasteiger partial charge on any atom is 0.324 e. The SMILES string of the molecule is CC(=O)c1cc(NCC(F)(F)C(F)F)ccc1N. The average Bonchev–Trinajstić information content (AvgIpc) is 2.27. The Morgan fingerprint density at radius 2 is 2.06 bits per heavy atom. The van der Waals surface area contributed by atoms with Crippen molar-refractivity contribution in [3.05, 3.63) is 23.8 Å². The molecule has 0 bridgehead atoms. The van der Waals surface area contributed by atoms with Crippen LogP contribution in [0.1, 0.15) is 17.3 Å². The van der Waals surface area contributed by atoms with Crippen molar-refractivity contribution >= 4 is 17.2 Å². The number of nitrogens with one attached hydrogen (secondary N) is 1. The molecular weight excluding hydrogens is 252 g/mol. The number of hydrogen-bond donors (Lipinski definition) is 2. The predicted molar refractivity (Wildman–Crippen MR) is 60.3 cm³/mol. The summed E-state index contributed by atoms with van der Waals surface area (Å²) in [4.78, 5) is 11.2. The summed E-state index contributed by atoms with van der Waals surface area (Å²) in [5, 5.41) is 2.15. The van der Waals surface area contributed by atoms with E-state index in [9.17, 15) is 22.4 Å². The van der Waals surface area contributed by atoms with Crippen molar-refractivity contribution in [3.63, 3.8) is 0 Å². The van der Waals surface area contributed by atoms with Crippen molar-refractivity contribution in [3.8, 4) is 0 Å². The van der Waals surface area contributed by atoms with Gasteiger partial charge in [-0.25, -0.2) is 8.78 Å².